The Hall–Kier alpha value is -1.62. The Morgan fingerprint density at radius 2 is 2.27 bits per heavy atom. The van der Waals surface area contributed by atoms with Gasteiger partial charge in [0.1, 0.15) is 11.6 Å². The van der Waals surface area contributed by atoms with Crippen molar-refractivity contribution in [3.05, 3.63) is 29.6 Å². The highest BCUT2D eigenvalue weighted by molar-refractivity contribution is 5.94. The summed E-state index contributed by atoms with van der Waals surface area (Å²) in [5, 5.41) is 20.0. The Morgan fingerprint density at radius 3 is 2.80 bits per heavy atom. The minimum atomic E-state index is -0.794. The summed E-state index contributed by atoms with van der Waals surface area (Å²) in [4.78, 5) is 11.4. The van der Waals surface area contributed by atoms with Gasteiger partial charge in [-0.1, -0.05) is 0 Å². The third kappa shape index (κ3) is 2.92. The van der Waals surface area contributed by atoms with E-state index in [1.165, 1.54) is 12.1 Å². The lowest BCUT2D eigenvalue weighted by Gasteiger charge is -2.11. The van der Waals surface area contributed by atoms with Crippen LogP contribution in [0.15, 0.2) is 18.2 Å². The van der Waals surface area contributed by atoms with E-state index in [0.29, 0.717) is 0 Å². The maximum Gasteiger partial charge on any atom is 0.254 e. The van der Waals surface area contributed by atoms with Crippen LogP contribution in [0.25, 0.3) is 0 Å². The molecule has 1 aromatic rings. The normalized spacial score (nSPS) is 12.2. The molecule has 15 heavy (non-hydrogen) atoms. The number of hydrogen-bond acceptors (Lipinski definition) is 3. The van der Waals surface area contributed by atoms with Crippen molar-refractivity contribution in [1.29, 1.82) is 0 Å². The third-order valence-electron chi connectivity index (χ3n) is 1.85. The minimum Gasteiger partial charge on any atom is -0.508 e. The number of aliphatic hydroxyl groups excluding tert-OH is 1. The molecular formula is C10H12FNO3. The maximum absolute atomic E-state index is 13.2. The molecule has 0 aliphatic rings. The molecule has 0 radical (unpaired) electrons. The summed E-state index contributed by atoms with van der Waals surface area (Å²) < 4.78 is 13.2. The number of phenolic OH excluding ortho intramolecular Hbond substituents is 1. The maximum atomic E-state index is 13.2. The van der Waals surface area contributed by atoms with E-state index in [1.807, 2.05) is 0 Å². The molecule has 1 aromatic carbocycles. The number of phenols is 1. The average Bonchev–Trinajstić information content (AvgIpc) is 2.17. The third-order valence-corrected chi connectivity index (χ3v) is 1.85. The zero-order valence-electron chi connectivity index (χ0n) is 8.20. The number of carbonyl (C=O) groups is 1. The van der Waals surface area contributed by atoms with Crippen molar-refractivity contribution in [2.75, 3.05) is 6.61 Å². The number of amides is 1. The highest BCUT2D eigenvalue weighted by Gasteiger charge is 2.13. The molecule has 1 atom stereocenters. The quantitative estimate of drug-likeness (QED) is 0.690. The van der Waals surface area contributed by atoms with Gasteiger partial charge in [0.05, 0.1) is 12.2 Å². The van der Waals surface area contributed by atoms with Crippen LogP contribution in [0.3, 0.4) is 0 Å². The molecule has 5 heteroatoms. The largest absolute Gasteiger partial charge is 0.508 e. The molecule has 1 amide bonds. The molecule has 0 bridgehead atoms. The van der Waals surface area contributed by atoms with Crippen LogP contribution in [0.2, 0.25) is 0 Å². The van der Waals surface area contributed by atoms with Gasteiger partial charge in [-0.3, -0.25) is 4.79 Å². The fourth-order valence-corrected chi connectivity index (χ4v) is 1.04. The SMILES string of the molecule is CC(CO)NC(=O)c1ccc(O)cc1F. The van der Waals surface area contributed by atoms with Crippen molar-refractivity contribution in [2.24, 2.45) is 0 Å². The lowest BCUT2D eigenvalue weighted by Crippen LogP contribution is -2.35. The van der Waals surface area contributed by atoms with Gasteiger partial charge in [-0.25, -0.2) is 4.39 Å². The van der Waals surface area contributed by atoms with Crippen LogP contribution in [-0.4, -0.2) is 28.8 Å². The topological polar surface area (TPSA) is 69.6 Å². The van der Waals surface area contributed by atoms with Crippen LogP contribution < -0.4 is 5.32 Å². The van der Waals surface area contributed by atoms with Gasteiger partial charge in [-0.15, -0.1) is 0 Å². The van der Waals surface area contributed by atoms with Crippen molar-refractivity contribution in [1.82, 2.24) is 5.32 Å². The van der Waals surface area contributed by atoms with Crippen LogP contribution in [0.1, 0.15) is 17.3 Å². The van der Waals surface area contributed by atoms with Gasteiger partial charge in [0.2, 0.25) is 0 Å². The highest BCUT2D eigenvalue weighted by atomic mass is 19.1. The highest BCUT2D eigenvalue weighted by Crippen LogP contribution is 2.14. The predicted molar refractivity (Wildman–Crippen MR) is 52.1 cm³/mol. The second-order valence-electron chi connectivity index (χ2n) is 3.22. The second kappa shape index (κ2) is 4.75. The monoisotopic (exact) mass is 213 g/mol. The van der Waals surface area contributed by atoms with E-state index in [9.17, 15) is 9.18 Å². The van der Waals surface area contributed by atoms with Gasteiger partial charge >= 0.3 is 0 Å². The van der Waals surface area contributed by atoms with Crippen molar-refractivity contribution in [3.8, 4) is 5.75 Å². The van der Waals surface area contributed by atoms with E-state index in [1.54, 1.807) is 6.92 Å². The van der Waals surface area contributed by atoms with Crippen molar-refractivity contribution < 1.29 is 19.4 Å². The smallest absolute Gasteiger partial charge is 0.254 e. The van der Waals surface area contributed by atoms with E-state index in [0.717, 1.165) is 6.07 Å². The summed E-state index contributed by atoms with van der Waals surface area (Å²) in [6.45, 7) is 1.38. The van der Waals surface area contributed by atoms with Gasteiger partial charge < -0.3 is 15.5 Å². The minimum absolute atomic E-state index is 0.159. The molecule has 0 aliphatic carbocycles. The number of nitrogens with one attached hydrogen (secondary N) is 1. The van der Waals surface area contributed by atoms with Gasteiger partial charge in [0, 0.05) is 12.1 Å². The molecule has 1 unspecified atom stereocenters. The first kappa shape index (κ1) is 11.5. The van der Waals surface area contributed by atoms with Crippen LogP contribution in [0, 0.1) is 5.82 Å². The van der Waals surface area contributed by atoms with Crippen molar-refractivity contribution in [2.45, 2.75) is 13.0 Å². The molecule has 0 saturated heterocycles. The number of rotatable bonds is 3. The summed E-state index contributed by atoms with van der Waals surface area (Å²) in [5.74, 6) is -1.65. The Balaban J connectivity index is 2.82. The summed E-state index contributed by atoms with van der Waals surface area (Å²) in [6, 6.07) is 2.83. The van der Waals surface area contributed by atoms with E-state index < -0.39 is 17.8 Å². The zero-order valence-corrected chi connectivity index (χ0v) is 8.20. The van der Waals surface area contributed by atoms with E-state index >= 15 is 0 Å². The molecule has 4 nitrogen and oxygen atoms in total. The summed E-state index contributed by atoms with van der Waals surface area (Å²) >= 11 is 0. The van der Waals surface area contributed by atoms with Crippen LogP contribution >= 0.6 is 0 Å². The molecule has 3 N–H and O–H groups in total. The number of hydrogen-bond donors (Lipinski definition) is 3. The Morgan fingerprint density at radius 1 is 1.60 bits per heavy atom. The van der Waals surface area contributed by atoms with Gasteiger partial charge in [-0.2, -0.15) is 0 Å². The molecule has 0 aliphatic heterocycles. The Kier molecular flexibility index (Phi) is 3.62. The standard InChI is InChI=1S/C10H12FNO3/c1-6(5-13)12-10(15)8-3-2-7(14)4-9(8)11/h2-4,6,13-14H,5H2,1H3,(H,12,15). The number of carbonyl (C=O) groups excluding carboxylic acids is 1. The van der Waals surface area contributed by atoms with Crippen LogP contribution in [0.4, 0.5) is 4.39 Å². The first-order chi connectivity index (χ1) is 7.04. The van der Waals surface area contributed by atoms with Crippen molar-refractivity contribution in [3.63, 3.8) is 0 Å². The first-order valence-corrected chi connectivity index (χ1v) is 4.45. The lowest BCUT2D eigenvalue weighted by atomic mass is 10.2. The number of benzene rings is 1. The Labute approximate surface area is 86.4 Å². The molecule has 0 heterocycles. The fourth-order valence-electron chi connectivity index (χ4n) is 1.04. The summed E-state index contributed by atoms with van der Waals surface area (Å²) in [7, 11) is 0. The van der Waals surface area contributed by atoms with E-state index in [2.05, 4.69) is 5.32 Å². The molecule has 0 aromatic heterocycles. The number of aliphatic hydroxyl groups is 1. The molecular weight excluding hydrogens is 201 g/mol. The lowest BCUT2D eigenvalue weighted by molar-refractivity contribution is 0.0918. The number of aromatic hydroxyl groups is 1. The van der Waals surface area contributed by atoms with Crippen LogP contribution in [0.5, 0.6) is 5.75 Å². The zero-order chi connectivity index (χ0) is 11.4. The number of halogens is 1. The molecule has 1 rings (SSSR count). The molecule has 0 fully saturated rings. The van der Waals surface area contributed by atoms with Gasteiger partial charge in [0.25, 0.3) is 5.91 Å². The first-order valence-electron chi connectivity index (χ1n) is 4.45. The predicted octanol–water partition coefficient (Wildman–Crippen LogP) is 0.642. The summed E-state index contributed by atoms with van der Waals surface area (Å²) in [6.07, 6.45) is 0. The molecule has 0 spiro atoms. The Bertz CT molecular complexity index is 368. The molecule has 82 valence electrons. The molecule has 0 saturated carbocycles. The van der Waals surface area contributed by atoms with Gasteiger partial charge in [-0.05, 0) is 19.1 Å². The second-order valence-corrected chi connectivity index (χ2v) is 3.22. The summed E-state index contributed by atoms with van der Waals surface area (Å²) in [5.41, 5.74) is -0.159. The van der Waals surface area contributed by atoms with Crippen molar-refractivity contribution >= 4 is 5.91 Å². The van der Waals surface area contributed by atoms with E-state index in [4.69, 9.17) is 10.2 Å². The van der Waals surface area contributed by atoms with Crippen LogP contribution in [-0.2, 0) is 0 Å². The average molecular weight is 213 g/mol. The van der Waals surface area contributed by atoms with Gasteiger partial charge in [0.15, 0.2) is 0 Å². The fraction of sp³-hybridized carbons (Fsp3) is 0.300. The van der Waals surface area contributed by atoms with E-state index in [-0.39, 0.29) is 17.9 Å².